The van der Waals surface area contributed by atoms with E-state index in [1.807, 2.05) is 19.1 Å². The fourth-order valence-corrected chi connectivity index (χ4v) is 1.66. The third-order valence-electron chi connectivity index (χ3n) is 2.68. The Morgan fingerprint density at radius 3 is 2.63 bits per heavy atom. The van der Waals surface area contributed by atoms with Crippen LogP contribution in [0.3, 0.4) is 0 Å². The lowest BCUT2D eigenvalue weighted by Crippen LogP contribution is -2.00. The van der Waals surface area contributed by atoms with Crippen LogP contribution in [0.25, 0.3) is 0 Å². The average molecular weight is 264 g/mol. The predicted octanol–water partition coefficient (Wildman–Crippen LogP) is 3.50. The smallest absolute Gasteiger partial charge is 0.304 e. The second kappa shape index (κ2) is 5.51. The molecular formula is C13H13FN2O3. The highest BCUT2D eigenvalue weighted by molar-refractivity contribution is 5.49. The molecule has 0 aliphatic carbocycles. The summed E-state index contributed by atoms with van der Waals surface area (Å²) in [6, 6.07) is 7.42. The topological polar surface area (TPSA) is 68.3 Å². The van der Waals surface area contributed by atoms with Crippen LogP contribution in [0.1, 0.15) is 18.4 Å². The van der Waals surface area contributed by atoms with Gasteiger partial charge in [-0.3, -0.25) is 10.1 Å². The van der Waals surface area contributed by atoms with Gasteiger partial charge in [0.15, 0.2) is 0 Å². The molecule has 1 aromatic heterocycles. The summed E-state index contributed by atoms with van der Waals surface area (Å²) in [7, 11) is 0. The minimum absolute atomic E-state index is 0.400. The highest BCUT2D eigenvalue weighted by atomic mass is 19.1. The van der Waals surface area contributed by atoms with Crippen LogP contribution in [-0.4, -0.2) is 4.92 Å². The van der Waals surface area contributed by atoms with Crippen LogP contribution in [-0.2, 0) is 13.0 Å². The van der Waals surface area contributed by atoms with Crippen molar-refractivity contribution in [2.75, 3.05) is 5.32 Å². The van der Waals surface area contributed by atoms with Gasteiger partial charge in [0.05, 0.1) is 11.5 Å². The first-order valence-corrected chi connectivity index (χ1v) is 5.85. The van der Waals surface area contributed by atoms with Crippen molar-refractivity contribution in [3.05, 3.63) is 57.8 Å². The SMILES string of the molecule is CCc1ccc(CNc2ccc([N+](=O)[O-])c(F)c2)o1. The van der Waals surface area contributed by atoms with E-state index in [1.54, 1.807) is 0 Å². The lowest BCUT2D eigenvalue weighted by Gasteiger charge is -2.04. The van der Waals surface area contributed by atoms with Crippen molar-refractivity contribution in [3.63, 3.8) is 0 Å². The highest BCUT2D eigenvalue weighted by Crippen LogP contribution is 2.21. The second-order valence-corrected chi connectivity index (χ2v) is 4.00. The van der Waals surface area contributed by atoms with Crippen LogP contribution in [0.5, 0.6) is 0 Å². The van der Waals surface area contributed by atoms with E-state index in [2.05, 4.69) is 5.32 Å². The number of nitrogens with one attached hydrogen (secondary N) is 1. The summed E-state index contributed by atoms with van der Waals surface area (Å²) in [5.41, 5.74) is -0.0608. The molecule has 0 amide bonds. The van der Waals surface area contributed by atoms with Crippen molar-refractivity contribution in [1.82, 2.24) is 0 Å². The molecule has 0 aliphatic rings. The highest BCUT2D eigenvalue weighted by Gasteiger charge is 2.13. The number of anilines is 1. The number of nitro groups is 1. The van der Waals surface area contributed by atoms with Crippen molar-refractivity contribution >= 4 is 11.4 Å². The molecule has 19 heavy (non-hydrogen) atoms. The third-order valence-corrected chi connectivity index (χ3v) is 2.68. The van der Waals surface area contributed by atoms with Gasteiger partial charge in [-0.15, -0.1) is 0 Å². The number of nitro benzene ring substituents is 1. The number of benzene rings is 1. The molecular weight excluding hydrogens is 251 g/mol. The molecule has 100 valence electrons. The lowest BCUT2D eigenvalue weighted by molar-refractivity contribution is -0.387. The molecule has 0 atom stereocenters. The number of aryl methyl sites for hydroxylation is 1. The molecule has 0 saturated carbocycles. The van der Waals surface area contributed by atoms with E-state index in [4.69, 9.17) is 4.42 Å². The van der Waals surface area contributed by atoms with Crippen LogP contribution in [0, 0.1) is 15.9 Å². The van der Waals surface area contributed by atoms with Gasteiger partial charge in [-0.1, -0.05) is 6.92 Å². The first kappa shape index (κ1) is 13.1. The van der Waals surface area contributed by atoms with Gasteiger partial charge in [0.25, 0.3) is 0 Å². The van der Waals surface area contributed by atoms with Gasteiger partial charge in [-0.05, 0) is 18.2 Å². The van der Waals surface area contributed by atoms with E-state index >= 15 is 0 Å². The molecule has 0 saturated heterocycles. The molecule has 2 aromatic rings. The number of nitrogens with zero attached hydrogens (tertiary/aromatic N) is 1. The Morgan fingerprint density at radius 2 is 2.05 bits per heavy atom. The summed E-state index contributed by atoms with van der Waals surface area (Å²) in [6.45, 7) is 2.39. The van der Waals surface area contributed by atoms with Gasteiger partial charge in [0.2, 0.25) is 5.82 Å². The third kappa shape index (κ3) is 3.09. The van der Waals surface area contributed by atoms with Crippen LogP contribution >= 0.6 is 0 Å². The van der Waals surface area contributed by atoms with Gasteiger partial charge >= 0.3 is 5.69 Å². The Balaban J connectivity index is 2.03. The number of hydrogen-bond acceptors (Lipinski definition) is 4. The summed E-state index contributed by atoms with van der Waals surface area (Å²) in [6.07, 6.45) is 0.812. The van der Waals surface area contributed by atoms with Crippen LogP contribution in [0.2, 0.25) is 0 Å². The summed E-state index contributed by atoms with van der Waals surface area (Å²) in [5.74, 6) is 0.756. The van der Waals surface area contributed by atoms with E-state index < -0.39 is 16.4 Å². The summed E-state index contributed by atoms with van der Waals surface area (Å²) in [5, 5.41) is 13.4. The quantitative estimate of drug-likeness (QED) is 0.662. The fourth-order valence-electron chi connectivity index (χ4n) is 1.66. The van der Waals surface area contributed by atoms with Crippen LogP contribution < -0.4 is 5.32 Å². The summed E-state index contributed by atoms with van der Waals surface area (Å²) >= 11 is 0. The van der Waals surface area contributed by atoms with E-state index in [0.717, 1.165) is 30.1 Å². The average Bonchev–Trinajstić information content (AvgIpc) is 2.84. The molecule has 0 radical (unpaired) electrons. The molecule has 0 aliphatic heterocycles. The van der Waals surface area contributed by atoms with Crippen molar-refractivity contribution in [1.29, 1.82) is 0 Å². The predicted molar refractivity (Wildman–Crippen MR) is 68.5 cm³/mol. The molecule has 0 spiro atoms. The number of rotatable bonds is 5. The molecule has 1 N–H and O–H groups in total. The van der Waals surface area contributed by atoms with Gasteiger partial charge < -0.3 is 9.73 Å². The van der Waals surface area contributed by atoms with E-state index in [9.17, 15) is 14.5 Å². The number of furan rings is 1. The number of hydrogen-bond donors (Lipinski definition) is 1. The molecule has 2 rings (SSSR count). The zero-order valence-corrected chi connectivity index (χ0v) is 10.4. The fraction of sp³-hybridized carbons (Fsp3) is 0.231. The van der Waals surface area contributed by atoms with Crippen molar-refractivity contribution in [3.8, 4) is 0 Å². The van der Waals surface area contributed by atoms with Crippen LogP contribution in [0.15, 0.2) is 34.7 Å². The first-order valence-electron chi connectivity index (χ1n) is 5.85. The molecule has 1 aromatic carbocycles. The second-order valence-electron chi connectivity index (χ2n) is 4.00. The van der Waals surface area contributed by atoms with Gasteiger partial charge in [-0.25, -0.2) is 0 Å². The van der Waals surface area contributed by atoms with Gasteiger partial charge in [0, 0.05) is 24.2 Å². The Morgan fingerprint density at radius 1 is 1.32 bits per heavy atom. The van der Waals surface area contributed by atoms with E-state index in [1.165, 1.54) is 6.07 Å². The molecule has 6 heteroatoms. The Labute approximate surface area is 109 Å². The Bertz CT molecular complexity index is 595. The van der Waals surface area contributed by atoms with Gasteiger partial charge in [-0.2, -0.15) is 4.39 Å². The maximum atomic E-state index is 13.4. The van der Waals surface area contributed by atoms with Gasteiger partial charge in [0.1, 0.15) is 11.5 Å². The maximum absolute atomic E-state index is 13.4. The minimum Gasteiger partial charge on any atom is -0.464 e. The van der Waals surface area contributed by atoms with E-state index in [0.29, 0.717) is 12.2 Å². The zero-order chi connectivity index (χ0) is 13.8. The van der Waals surface area contributed by atoms with Crippen molar-refractivity contribution < 1.29 is 13.7 Å². The normalized spacial score (nSPS) is 10.4. The minimum atomic E-state index is -0.858. The summed E-state index contributed by atoms with van der Waals surface area (Å²) in [4.78, 5) is 9.73. The molecule has 0 bridgehead atoms. The standard InChI is InChI=1S/C13H13FN2O3/c1-2-10-4-5-11(19-10)8-15-9-3-6-13(16(17)18)12(14)7-9/h3-7,15H,2,8H2,1H3. The zero-order valence-electron chi connectivity index (χ0n) is 10.4. The van der Waals surface area contributed by atoms with Crippen molar-refractivity contribution in [2.45, 2.75) is 19.9 Å². The van der Waals surface area contributed by atoms with Crippen molar-refractivity contribution in [2.24, 2.45) is 0 Å². The maximum Gasteiger partial charge on any atom is 0.304 e. The molecule has 1 heterocycles. The largest absolute Gasteiger partial charge is 0.464 e. The van der Waals surface area contributed by atoms with E-state index in [-0.39, 0.29) is 0 Å². The molecule has 0 unspecified atom stereocenters. The Kier molecular flexibility index (Phi) is 3.79. The number of halogens is 1. The molecule has 0 fully saturated rings. The monoisotopic (exact) mass is 264 g/mol. The lowest BCUT2D eigenvalue weighted by atomic mass is 10.2. The first-order chi connectivity index (χ1) is 9.10. The molecule has 5 nitrogen and oxygen atoms in total. The Hall–Kier alpha value is -2.37. The van der Waals surface area contributed by atoms with Crippen LogP contribution in [0.4, 0.5) is 15.8 Å². The summed E-state index contributed by atoms with van der Waals surface area (Å²) < 4.78 is 18.9.